The van der Waals surface area contributed by atoms with Crippen LogP contribution in [0.15, 0.2) is 36.4 Å². The predicted molar refractivity (Wildman–Crippen MR) is 115 cm³/mol. The van der Waals surface area contributed by atoms with Gasteiger partial charge in [0.05, 0.1) is 18.9 Å². The van der Waals surface area contributed by atoms with E-state index in [-0.39, 0.29) is 18.4 Å². The topological polar surface area (TPSA) is 71.1 Å². The summed E-state index contributed by atoms with van der Waals surface area (Å²) >= 11 is 0. The maximum Gasteiger partial charge on any atom is 0.265 e. The Morgan fingerprint density at radius 2 is 1.83 bits per heavy atom. The standard InChI is InChI=1S/C23H27N3O4/c1-16-3-4-18(13-17(16)2)23(28)24-19-5-6-20-21(14-19)30-15-22(27)26(20)8-7-25-9-11-29-12-10-25/h3-6,13-14H,7-12,15H2,1-2H3,(H,24,28). The molecule has 2 aromatic rings. The molecule has 1 fully saturated rings. The molecule has 4 rings (SSSR count). The second-order valence-electron chi connectivity index (χ2n) is 7.72. The van der Waals surface area contributed by atoms with Crippen LogP contribution in [0.1, 0.15) is 21.5 Å². The highest BCUT2D eigenvalue weighted by Crippen LogP contribution is 2.34. The minimum Gasteiger partial charge on any atom is -0.481 e. The number of hydrogen-bond donors (Lipinski definition) is 1. The number of nitrogens with one attached hydrogen (secondary N) is 1. The third-order valence-corrected chi connectivity index (χ3v) is 5.67. The van der Waals surface area contributed by atoms with Gasteiger partial charge in [0, 0.05) is 43.5 Å². The zero-order valence-electron chi connectivity index (χ0n) is 17.4. The minimum atomic E-state index is -0.172. The number of ether oxygens (including phenoxy) is 2. The van der Waals surface area contributed by atoms with Crippen molar-refractivity contribution < 1.29 is 19.1 Å². The van der Waals surface area contributed by atoms with Crippen LogP contribution < -0.4 is 15.0 Å². The van der Waals surface area contributed by atoms with E-state index in [9.17, 15) is 9.59 Å². The molecule has 0 aromatic heterocycles. The summed E-state index contributed by atoms with van der Waals surface area (Å²) in [6.07, 6.45) is 0. The number of benzene rings is 2. The van der Waals surface area contributed by atoms with E-state index < -0.39 is 0 Å². The van der Waals surface area contributed by atoms with Crippen molar-refractivity contribution >= 4 is 23.2 Å². The van der Waals surface area contributed by atoms with E-state index in [0.717, 1.165) is 49.7 Å². The van der Waals surface area contributed by atoms with Crippen molar-refractivity contribution in [3.8, 4) is 5.75 Å². The van der Waals surface area contributed by atoms with Crippen LogP contribution in [0.3, 0.4) is 0 Å². The van der Waals surface area contributed by atoms with Crippen LogP contribution in [-0.2, 0) is 9.53 Å². The summed E-state index contributed by atoms with van der Waals surface area (Å²) in [5.41, 5.74) is 4.21. The first-order valence-electron chi connectivity index (χ1n) is 10.3. The number of nitrogens with zero attached hydrogens (tertiary/aromatic N) is 2. The van der Waals surface area contributed by atoms with Gasteiger partial charge in [-0.25, -0.2) is 0 Å². The second-order valence-corrected chi connectivity index (χ2v) is 7.72. The first-order valence-corrected chi connectivity index (χ1v) is 10.3. The fourth-order valence-electron chi connectivity index (χ4n) is 3.68. The molecule has 158 valence electrons. The lowest BCUT2D eigenvalue weighted by atomic mass is 10.1. The molecule has 2 aliphatic rings. The Bertz CT molecular complexity index is 953. The molecule has 2 heterocycles. The molecular formula is C23H27N3O4. The summed E-state index contributed by atoms with van der Waals surface area (Å²) in [5, 5.41) is 2.92. The van der Waals surface area contributed by atoms with Gasteiger partial charge in [-0.2, -0.15) is 0 Å². The van der Waals surface area contributed by atoms with Crippen LogP contribution in [0.4, 0.5) is 11.4 Å². The minimum absolute atomic E-state index is 0.00463. The summed E-state index contributed by atoms with van der Waals surface area (Å²) in [5.74, 6) is 0.381. The molecule has 0 radical (unpaired) electrons. The van der Waals surface area contributed by atoms with Crippen molar-refractivity contribution in [2.24, 2.45) is 0 Å². The third-order valence-electron chi connectivity index (χ3n) is 5.67. The number of amides is 2. The first-order chi connectivity index (χ1) is 14.5. The zero-order chi connectivity index (χ0) is 21.1. The molecule has 1 saturated heterocycles. The van der Waals surface area contributed by atoms with E-state index >= 15 is 0 Å². The van der Waals surface area contributed by atoms with Gasteiger partial charge in [-0.3, -0.25) is 14.5 Å². The van der Waals surface area contributed by atoms with Crippen molar-refractivity contribution in [1.29, 1.82) is 0 Å². The molecule has 0 saturated carbocycles. The summed E-state index contributed by atoms with van der Waals surface area (Å²) in [6.45, 7) is 8.64. The Hall–Kier alpha value is -2.90. The molecule has 2 amide bonds. The number of carbonyl (C=O) groups is 2. The molecule has 30 heavy (non-hydrogen) atoms. The molecular weight excluding hydrogens is 382 g/mol. The first kappa shape index (κ1) is 20.4. The molecule has 1 N–H and O–H groups in total. The Labute approximate surface area is 176 Å². The normalized spacial score (nSPS) is 16.7. The molecule has 0 aliphatic carbocycles. The van der Waals surface area contributed by atoms with Crippen molar-refractivity contribution in [2.45, 2.75) is 13.8 Å². The second kappa shape index (κ2) is 8.85. The van der Waals surface area contributed by atoms with Gasteiger partial charge in [0.25, 0.3) is 11.8 Å². The number of hydrogen-bond acceptors (Lipinski definition) is 5. The van der Waals surface area contributed by atoms with E-state index in [1.807, 2.05) is 44.2 Å². The predicted octanol–water partition coefficient (Wildman–Crippen LogP) is 2.61. The quantitative estimate of drug-likeness (QED) is 0.822. The number of anilines is 2. The van der Waals surface area contributed by atoms with Crippen molar-refractivity contribution in [3.05, 3.63) is 53.1 Å². The van der Waals surface area contributed by atoms with Crippen molar-refractivity contribution in [1.82, 2.24) is 4.90 Å². The van der Waals surface area contributed by atoms with Gasteiger partial charge in [-0.1, -0.05) is 6.07 Å². The molecule has 0 bridgehead atoms. The molecule has 0 unspecified atom stereocenters. The number of fused-ring (bicyclic) bond motifs is 1. The van der Waals surface area contributed by atoms with Gasteiger partial charge >= 0.3 is 0 Å². The highest BCUT2D eigenvalue weighted by Gasteiger charge is 2.26. The highest BCUT2D eigenvalue weighted by molar-refractivity contribution is 6.05. The van der Waals surface area contributed by atoms with Gasteiger partial charge in [-0.05, 0) is 49.2 Å². The molecule has 2 aliphatic heterocycles. The smallest absolute Gasteiger partial charge is 0.265 e. The van der Waals surface area contributed by atoms with E-state index in [1.54, 1.807) is 11.0 Å². The van der Waals surface area contributed by atoms with Gasteiger partial charge in [0.2, 0.25) is 0 Å². The van der Waals surface area contributed by atoms with Crippen LogP contribution in [0.2, 0.25) is 0 Å². The fraction of sp³-hybridized carbons (Fsp3) is 0.391. The van der Waals surface area contributed by atoms with Crippen LogP contribution >= 0.6 is 0 Å². The van der Waals surface area contributed by atoms with Gasteiger partial charge in [0.1, 0.15) is 5.75 Å². The van der Waals surface area contributed by atoms with Crippen LogP contribution in [0.5, 0.6) is 5.75 Å². The Kier molecular flexibility index (Phi) is 6.01. The largest absolute Gasteiger partial charge is 0.481 e. The highest BCUT2D eigenvalue weighted by atomic mass is 16.5. The number of morpholine rings is 1. The van der Waals surface area contributed by atoms with E-state index in [0.29, 0.717) is 23.5 Å². The van der Waals surface area contributed by atoms with E-state index in [1.165, 1.54) is 0 Å². The number of rotatable bonds is 5. The number of carbonyl (C=O) groups excluding carboxylic acids is 2. The van der Waals surface area contributed by atoms with Crippen LogP contribution in [0.25, 0.3) is 0 Å². The Morgan fingerprint density at radius 1 is 1.03 bits per heavy atom. The molecule has 7 heteroatoms. The van der Waals surface area contributed by atoms with Crippen molar-refractivity contribution in [2.75, 3.05) is 56.2 Å². The summed E-state index contributed by atoms with van der Waals surface area (Å²) < 4.78 is 11.0. The Morgan fingerprint density at radius 3 is 2.60 bits per heavy atom. The van der Waals surface area contributed by atoms with E-state index in [4.69, 9.17) is 9.47 Å². The maximum absolute atomic E-state index is 12.6. The maximum atomic E-state index is 12.6. The molecule has 2 aromatic carbocycles. The zero-order valence-corrected chi connectivity index (χ0v) is 17.4. The van der Waals surface area contributed by atoms with Crippen LogP contribution in [-0.4, -0.2) is 62.7 Å². The van der Waals surface area contributed by atoms with Gasteiger partial charge in [0.15, 0.2) is 6.61 Å². The van der Waals surface area contributed by atoms with Gasteiger partial charge in [-0.15, -0.1) is 0 Å². The Balaban J connectivity index is 1.46. The van der Waals surface area contributed by atoms with Crippen LogP contribution in [0, 0.1) is 13.8 Å². The average molecular weight is 409 g/mol. The average Bonchev–Trinajstić information content (AvgIpc) is 2.75. The summed E-state index contributed by atoms with van der Waals surface area (Å²) in [7, 11) is 0. The van der Waals surface area contributed by atoms with E-state index in [2.05, 4.69) is 10.2 Å². The lowest BCUT2D eigenvalue weighted by molar-refractivity contribution is -0.121. The lowest BCUT2D eigenvalue weighted by Crippen LogP contribution is -2.45. The SMILES string of the molecule is Cc1ccc(C(=O)Nc2ccc3c(c2)OCC(=O)N3CCN2CCOCC2)cc1C. The lowest BCUT2D eigenvalue weighted by Gasteiger charge is -2.33. The molecule has 0 atom stereocenters. The summed E-state index contributed by atoms with van der Waals surface area (Å²) in [6, 6.07) is 11.1. The monoisotopic (exact) mass is 409 g/mol. The number of aryl methyl sites for hydroxylation is 2. The van der Waals surface area contributed by atoms with Gasteiger partial charge < -0.3 is 19.7 Å². The molecule has 7 nitrogen and oxygen atoms in total. The van der Waals surface area contributed by atoms with Crippen molar-refractivity contribution in [3.63, 3.8) is 0 Å². The fourth-order valence-corrected chi connectivity index (χ4v) is 3.68. The molecule has 0 spiro atoms. The summed E-state index contributed by atoms with van der Waals surface area (Å²) in [4.78, 5) is 29.1. The third kappa shape index (κ3) is 4.47.